The second-order valence-electron chi connectivity index (χ2n) is 6.02. The van der Waals surface area contributed by atoms with Crippen molar-refractivity contribution in [3.63, 3.8) is 0 Å². The monoisotopic (exact) mass is 328 g/mol. The molecular weight excluding hydrogens is 304 g/mol. The van der Waals surface area contributed by atoms with Crippen molar-refractivity contribution in [2.45, 2.75) is 61.7 Å². The molecule has 0 spiro atoms. The molecule has 0 radical (unpaired) electrons. The van der Waals surface area contributed by atoms with E-state index in [0.29, 0.717) is 16.8 Å². The smallest absolute Gasteiger partial charge is 0.252 e. The first kappa shape index (κ1) is 15.5. The normalized spacial score (nSPS) is 24.3. The van der Waals surface area contributed by atoms with Gasteiger partial charge in [0.25, 0.3) is 10.0 Å². The van der Waals surface area contributed by atoms with Crippen molar-refractivity contribution in [2.75, 3.05) is 13.1 Å². The van der Waals surface area contributed by atoms with Gasteiger partial charge in [-0.15, -0.1) is 11.3 Å². The lowest BCUT2D eigenvalue weighted by Crippen LogP contribution is -2.48. The topological polar surface area (TPSA) is 49.4 Å². The first-order chi connectivity index (χ1) is 10.1. The zero-order valence-electron chi connectivity index (χ0n) is 12.5. The summed E-state index contributed by atoms with van der Waals surface area (Å²) in [7, 11) is -3.32. The lowest BCUT2D eigenvalue weighted by atomic mass is 10.1. The Labute approximate surface area is 131 Å². The molecule has 1 aliphatic heterocycles. The highest BCUT2D eigenvalue weighted by Gasteiger charge is 2.35. The van der Waals surface area contributed by atoms with Gasteiger partial charge >= 0.3 is 0 Å². The molecule has 0 bridgehead atoms. The third kappa shape index (κ3) is 3.50. The fourth-order valence-corrected chi connectivity index (χ4v) is 6.00. The van der Waals surface area contributed by atoms with Gasteiger partial charge in [-0.25, -0.2) is 8.42 Å². The molecule has 0 amide bonds. The molecule has 118 valence electrons. The molecule has 1 saturated heterocycles. The van der Waals surface area contributed by atoms with E-state index in [9.17, 15) is 8.42 Å². The minimum atomic E-state index is -3.32. The predicted molar refractivity (Wildman–Crippen MR) is 86.3 cm³/mol. The molecule has 1 aliphatic carbocycles. The number of aryl methyl sites for hydroxylation is 1. The SMILES string of the molecule is CCc1ccc(S(=O)(=O)N2CCCCC2CNC2CC2)s1. The molecule has 21 heavy (non-hydrogen) atoms. The van der Waals surface area contributed by atoms with Gasteiger partial charge in [-0.05, 0) is 44.2 Å². The van der Waals surface area contributed by atoms with Gasteiger partial charge in [-0.2, -0.15) is 4.31 Å². The second-order valence-corrected chi connectivity index (χ2v) is 9.31. The lowest BCUT2D eigenvalue weighted by Gasteiger charge is -2.34. The van der Waals surface area contributed by atoms with Crippen LogP contribution in [0.25, 0.3) is 0 Å². The third-order valence-electron chi connectivity index (χ3n) is 4.34. The Morgan fingerprint density at radius 3 is 2.76 bits per heavy atom. The largest absolute Gasteiger partial charge is 0.312 e. The quantitative estimate of drug-likeness (QED) is 0.873. The maximum Gasteiger partial charge on any atom is 0.252 e. The van der Waals surface area contributed by atoms with Crippen molar-refractivity contribution in [3.05, 3.63) is 17.0 Å². The van der Waals surface area contributed by atoms with Gasteiger partial charge in [-0.1, -0.05) is 13.3 Å². The van der Waals surface area contributed by atoms with E-state index in [4.69, 9.17) is 0 Å². The van der Waals surface area contributed by atoms with E-state index < -0.39 is 10.0 Å². The van der Waals surface area contributed by atoms with Crippen LogP contribution in [0, 0.1) is 0 Å². The molecule has 1 aromatic heterocycles. The van der Waals surface area contributed by atoms with Crippen LogP contribution in [0.5, 0.6) is 0 Å². The van der Waals surface area contributed by atoms with Gasteiger partial charge in [0.05, 0.1) is 0 Å². The van der Waals surface area contributed by atoms with E-state index in [1.165, 1.54) is 24.2 Å². The van der Waals surface area contributed by atoms with Crippen LogP contribution in [0.2, 0.25) is 0 Å². The Morgan fingerprint density at radius 1 is 1.29 bits per heavy atom. The molecule has 2 aliphatic rings. The van der Waals surface area contributed by atoms with Crippen LogP contribution >= 0.6 is 11.3 Å². The zero-order valence-corrected chi connectivity index (χ0v) is 14.2. The molecule has 4 nitrogen and oxygen atoms in total. The number of nitrogens with one attached hydrogen (secondary N) is 1. The van der Waals surface area contributed by atoms with Crippen LogP contribution in [-0.2, 0) is 16.4 Å². The Morgan fingerprint density at radius 2 is 2.10 bits per heavy atom. The molecule has 6 heteroatoms. The van der Waals surface area contributed by atoms with Crippen molar-refractivity contribution in [1.82, 2.24) is 9.62 Å². The highest BCUT2D eigenvalue weighted by atomic mass is 32.2. The van der Waals surface area contributed by atoms with Crippen molar-refractivity contribution in [2.24, 2.45) is 0 Å². The maximum atomic E-state index is 12.9. The fraction of sp³-hybridized carbons (Fsp3) is 0.733. The second kappa shape index (κ2) is 6.36. The summed E-state index contributed by atoms with van der Waals surface area (Å²) in [5.41, 5.74) is 0. The fourth-order valence-electron chi connectivity index (χ4n) is 2.89. The third-order valence-corrected chi connectivity index (χ3v) is 7.99. The summed E-state index contributed by atoms with van der Waals surface area (Å²) in [4.78, 5) is 1.14. The Hall–Kier alpha value is -0.430. The van der Waals surface area contributed by atoms with Crippen LogP contribution < -0.4 is 5.32 Å². The van der Waals surface area contributed by atoms with Gasteiger partial charge < -0.3 is 5.32 Å². The van der Waals surface area contributed by atoms with Crippen molar-refractivity contribution < 1.29 is 8.42 Å². The number of piperidine rings is 1. The minimum absolute atomic E-state index is 0.122. The standard InChI is InChI=1S/C15H24N2O2S2/c1-2-14-8-9-15(20-14)21(18,19)17-10-4-3-5-13(17)11-16-12-6-7-12/h8-9,12-13,16H,2-7,10-11H2,1H3. The molecule has 1 N–H and O–H groups in total. The zero-order chi connectivity index (χ0) is 14.9. The number of sulfonamides is 1. The Bertz CT molecular complexity index is 578. The van der Waals surface area contributed by atoms with Gasteiger partial charge in [0, 0.05) is 30.1 Å². The molecular formula is C15H24N2O2S2. The maximum absolute atomic E-state index is 12.9. The summed E-state index contributed by atoms with van der Waals surface area (Å²) in [6.07, 6.45) is 6.46. The summed E-state index contributed by atoms with van der Waals surface area (Å²) in [6.45, 7) is 3.53. The summed E-state index contributed by atoms with van der Waals surface area (Å²) in [5, 5.41) is 3.49. The number of nitrogens with zero attached hydrogens (tertiary/aromatic N) is 1. The number of hydrogen-bond donors (Lipinski definition) is 1. The molecule has 2 fully saturated rings. The number of rotatable bonds is 6. The van der Waals surface area contributed by atoms with Gasteiger partial charge in [-0.3, -0.25) is 0 Å². The van der Waals surface area contributed by atoms with E-state index in [1.807, 2.05) is 6.07 Å². The summed E-state index contributed by atoms with van der Waals surface area (Å²) in [5.74, 6) is 0. The summed E-state index contributed by atoms with van der Waals surface area (Å²) < 4.78 is 28.1. The van der Waals surface area contributed by atoms with Crippen LogP contribution in [0.3, 0.4) is 0 Å². The Balaban J connectivity index is 1.76. The average Bonchev–Trinajstić information content (AvgIpc) is 3.19. The van der Waals surface area contributed by atoms with Crippen LogP contribution in [0.1, 0.15) is 43.9 Å². The summed E-state index contributed by atoms with van der Waals surface area (Å²) >= 11 is 1.42. The molecule has 3 rings (SSSR count). The first-order valence-electron chi connectivity index (χ1n) is 7.95. The first-order valence-corrected chi connectivity index (χ1v) is 10.2. The van der Waals surface area contributed by atoms with E-state index in [-0.39, 0.29) is 6.04 Å². The molecule has 1 saturated carbocycles. The average molecular weight is 329 g/mol. The van der Waals surface area contributed by atoms with E-state index in [1.54, 1.807) is 10.4 Å². The van der Waals surface area contributed by atoms with Crippen LogP contribution in [0.15, 0.2) is 16.3 Å². The van der Waals surface area contributed by atoms with Gasteiger partial charge in [0.1, 0.15) is 4.21 Å². The highest BCUT2D eigenvalue weighted by Crippen LogP contribution is 2.30. The summed E-state index contributed by atoms with van der Waals surface area (Å²) in [6, 6.07) is 4.47. The minimum Gasteiger partial charge on any atom is -0.312 e. The molecule has 1 unspecified atom stereocenters. The van der Waals surface area contributed by atoms with Gasteiger partial charge in [0.15, 0.2) is 0 Å². The van der Waals surface area contributed by atoms with E-state index in [0.717, 1.165) is 37.1 Å². The number of thiophene rings is 1. The van der Waals surface area contributed by atoms with Crippen molar-refractivity contribution in [3.8, 4) is 0 Å². The molecule has 1 aromatic rings. The predicted octanol–water partition coefficient (Wildman–Crippen LogP) is 2.61. The van der Waals surface area contributed by atoms with Crippen LogP contribution in [0.4, 0.5) is 0 Å². The van der Waals surface area contributed by atoms with Crippen molar-refractivity contribution >= 4 is 21.4 Å². The van der Waals surface area contributed by atoms with Crippen LogP contribution in [-0.4, -0.2) is 37.9 Å². The van der Waals surface area contributed by atoms with E-state index in [2.05, 4.69) is 12.2 Å². The van der Waals surface area contributed by atoms with E-state index >= 15 is 0 Å². The van der Waals surface area contributed by atoms with Crippen molar-refractivity contribution in [1.29, 1.82) is 0 Å². The number of hydrogen-bond acceptors (Lipinski definition) is 4. The van der Waals surface area contributed by atoms with Gasteiger partial charge in [0.2, 0.25) is 0 Å². The molecule has 0 aromatic carbocycles. The Kier molecular flexibility index (Phi) is 4.69. The lowest BCUT2D eigenvalue weighted by molar-refractivity contribution is 0.245. The molecule has 1 atom stereocenters. The molecule has 2 heterocycles. The highest BCUT2D eigenvalue weighted by molar-refractivity contribution is 7.91.